The number of nitrogens with zero attached hydrogens (tertiary/aromatic N) is 2. The minimum absolute atomic E-state index is 0.00265. The molecule has 0 saturated carbocycles. The summed E-state index contributed by atoms with van der Waals surface area (Å²) in [5.41, 5.74) is -0.0671. The van der Waals surface area contributed by atoms with Crippen LogP contribution in [0.3, 0.4) is 0 Å². The second-order valence-electron chi connectivity index (χ2n) is 7.36. The third kappa shape index (κ3) is 3.41. The number of rotatable bonds is 3. The number of benzene rings is 1. The second kappa shape index (κ2) is 7.13. The predicted molar refractivity (Wildman–Crippen MR) is 98.1 cm³/mol. The van der Waals surface area contributed by atoms with Gasteiger partial charge in [0.25, 0.3) is 11.8 Å². The smallest absolute Gasteiger partial charge is 0.325 e. The lowest BCUT2D eigenvalue weighted by Gasteiger charge is -2.38. The van der Waals surface area contributed by atoms with E-state index in [0.29, 0.717) is 37.6 Å². The van der Waals surface area contributed by atoms with Crippen LogP contribution in [-0.4, -0.2) is 59.0 Å². The molecule has 3 fully saturated rings. The predicted octanol–water partition coefficient (Wildman–Crippen LogP) is 1.93. The van der Waals surface area contributed by atoms with E-state index in [9.17, 15) is 14.4 Å². The molecule has 1 N–H and O–H groups in total. The number of ether oxygens (including phenoxy) is 1. The third-order valence-corrected chi connectivity index (χ3v) is 5.89. The molecule has 0 aromatic heterocycles. The fourth-order valence-corrected chi connectivity index (χ4v) is 4.14. The zero-order chi connectivity index (χ0) is 19.0. The minimum Gasteiger partial charge on any atom is -0.368 e. The summed E-state index contributed by atoms with van der Waals surface area (Å²) >= 11 is 5.89. The summed E-state index contributed by atoms with van der Waals surface area (Å²) in [6.07, 6.45) is 2.16. The SMILES string of the molecule is O=C([C@@H]1CCCO1)N1CCC2(CC1)NC(=O)N(Cc1ccc(Cl)cc1)C2=O. The van der Waals surface area contributed by atoms with Crippen molar-refractivity contribution in [1.29, 1.82) is 0 Å². The molecule has 0 radical (unpaired) electrons. The lowest BCUT2D eigenvalue weighted by Crippen LogP contribution is -2.57. The summed E-state index contributed by atoms with van der Waals surface area (Å²) in [6.45, 7) is 1.73. The summed E-state index contributed by atoms with van der Waals surface area (Å²) in [5, 5.41) is 3.48. The molecule has 0 aliphatic carbocycles. The van der Waals surface area contributed by atoms with Crippen molar-refractivity contribution in [2.24, 2.45) is 0 Å². The molecule has 144 valence electrons. The number of urea groups is 1. The molecule has 1 spiro atoms. The maximum atomic E-state index is 13.0. The highest BCUT2D eigenvalue weighted by atomic mass is 35.5. The maximum absolute atomic E-state index is 13.0. The zero-order valence-electron chi connectivity index (χ0n) is 14.9. The van der Waals surface area contributed by atoms with Crippen molar-refractivity contribution in [3.05, 3.63) is 34.9 Å². The van der Waals surface area contributed by atoms with E-state index in [1.807, 2.05) is 0 Å². The van der Waals surface area contributed by atoms with Crippen molar-refractivity contribution in [3.63, 3.8) is 0 Å². The van der Waals surface area contributed by atoms with Gasteiger partial charge in [0, 0.05) is 24.7 Å². The number of halogens is 1. The van der Waals surface area contributed by atoms with E-state index >= 15 is 0 Å². The maximum Gasteiger partial charge on any atom is 0.325 e. The quantitative estimate of drug-likeness (QED) is 0.798. The number of hydrogen-bond donors (Lipinski definition) is 1. The highest BCUT2D eigenvalue weighted by molar-refractivity contribution is 6.30. The Morgan fingerprint density at radius 2 is 1.93 bits per heavy atom. The largest absolute Gasteiger partial charge is 0.368 e. The van der Waals surface area contributed by atoms with E-state index in [2.05, 4.69) is 5.32 Å². The van der Waals surface area contributed by atoms with E-state index in [4.69, 9.17) is 16.3 Å². The molecule has 3 saturated heterocycles. The zero-order valence-corrected chi connectivity index (χ0v) is 15.7. The third-order valence-electron chi connectivity index (χ3n) is 5.63. The van der Waals surface area contributed by atoms with Gasteiger partial charge in [-0.15, -0.1) is 0 Å². The molecule has 1 aromatic rings. The van der Waals surface area contributed by atoms with Crippen LogP contribution in [0.5, 0.6) is 0 Å². The summed E-state index contributed by atoms with van der Waals surface area (Å²) in [4.78, 5) is 40.9. The standard InChI is InChI=1S/C19H22ClN3O4/c20-14-5-3-13(4-6-14)12-23-17(25)19(21-18(23)26)7-9-22(10-8-19)16(24)15-2-1-11-27-15/h3-6,15H,1-2,7-12H2,(H,21,26)/t15-/m0/s1. The fraction of sp³-hybridized carbons (Fsp3) is 0.526. The van der Waals surface area contributed by atoms with Crippen molar-refractivity contribution in [1.82, 2.24) is 15.1 Å². The lowest BCUT2D eigenvalue weighted by atomic mass is 9.87. The Morgan fingerprint density at radius 3 is 2.56 bits per heavy atom. The van der Waals surface area contributed by atoms with Crippen LogP contribution in [0.4, 0.5) is 4.79 Å². The molecular formula is C19H22ClN3O4. The average molecular weight is 392 g/mol. The van der Waals surface area contributed by atoms with Gasteiger partial charge in [-0.05, 0) is 43.4 Å². The Labute approximate surface area is 162 Å². The van der Waals surface area contributed by atoms with Crippen LogP contribution in [-0.2, 0) is 20.9 Å². The van der Waals surface area contributed by atoms with Crippen molar-refractivity contribution in [2.75, 3.05) is 19.7 Å². The highest BCUT2D eigenvalue weighted by Gasteiger charge is 2.52. The first-order valence-corrected chi connectivity index (χ1v) is 9.65. The van der Waals surface area contributed by atoms with Gasteiger partial charge < -0.3 is 15.0 Å². The van der Waals surface area contributed by atoms with Crippen LogP contribution in [0.15, 0.2) is 24.3 Å². The van der Waals surface area contributed by atoms with Gasteiger partial charge in [0.1, 0.15) is 11.6 Å². The Bertz CT molecular complexity index is 753. The van der Waals surface area contributed by atoms with Crippen molar-refractivity contribution < 1.29 is 19.1 Å². The Morgan fingerprint density at radius 1 is 1.22 bits per heavy atom. The molecule has 4 rings (SSSR count). The van der Waals surface area contributed by atoms with Crippen molar-refractivity contribution in [2.45, 2.75) is 43.9 Å². The van der Waals surface area contributed by atoms with Crippen LogP contribution in [0.2, 0.25) is 5.02 Å². The minimum atomic E-state index is -0.906. The number of likely N-dealkylation sites (tertiary alicyclic amines) is 1. The molecule has 3 aliphatic heterocycles. The number of nitrogens with one attached hydrogen (secondary N) is 1. The normalized spacial score (nSPS) is 24.6. The number of carbonyl (C=O) groups excluding carboxylic acids is 3. The second-order valence-corrected chi connectivity index (χ2v) is 7.79. The Kier molecular flexibility index (Phi) is 4.82. The van der Waals surface area contributed by atoms with Crippen molar-refractivity contribution in [3.8, 4) is 0 Å². The molecule has 3 aliphatic rings. The molecule has 7 nitrogen and oxygen atoms in total. The molecular weight excluding hydrogens is 370 g/mol. The van der Waals surface area contributed by atoms with E-state index in [1.54, 1.807) is 29.2 Å². The molecule has 27 heavy (non-hydrogen) atoms. The van der Waals surface area contributed by atoms with Crippen LogP contribution >= 0.6 is 11.6 Å². The summed E-state index contributed by atoms with van der Waals surface area (Å²) < 4.78 is 5.47. The van der Waals surface area contributed by atoms with Gasteiger partial charge >= 0.3 is 6.03 Å². The van der Waals surface area contributed by atoms with Crippen LogP contribution < -0.4 is 5.32 Å². The van der Waals surface area contributed by atoms with E-state index in [0.717, 1.165) is 18.4 Å². The molecule has 1 aromatic carbocycles. The number of imide groups is 1. The average Bonchev–Trinajstić information content (AvgIpc) is 3.28. The molecule has 4 amide bonds. The summed E-state index contributed by atoms with van der Waals surface area (Å²) in [7, 11) is 0. The van der Waals surface area contributed by atoms with E-state index < -0.39 is 5.54 Å². The number of hydrogen-bond acceptors (Lipinski definition) is 4. The van der Waals surface area contributed by atoms with Crippen molar-refractivity contribution >= 4 is 29.4 Å². The Balaban J connectivity index is 1.41. The van der Waals surface area contributed by atoms with E-state index in [1.165, 1.54) is 4.90 Å². The topological polar surface area (TPSA) is 79.0 Å². The van der Waals surface area contributed by atoms with Gasteiger partial charge in [-0.2, -0.15) is 0 Å². The highest BCUT2D eigenvalue weighted by Crippen LogP contribution is 2.31. The Hall–Kier alpha value is -2.12. The molecule has 0 unspecified atom stereocenters. The van der Waals surface area contributed by atoms with Gasteiger partial charge in [-0.3, -0.25) is 14.5 Å². The van der Waals surface area contributed by atoms with Crippen LogP contribution in [0.1, 0.15) is 31.2 Å². The van der Waals surface area contributed by atoms with Crippen LogP contribution in [0.25, 0.3) is 0 Å². The van der Waals surface area contributed by atoms with Gasteiger partial charge in [0.2, 0.25) is 0 Å². The molecule has 8 heteroatoms. The lowest BCUT2D eigenvalue weighted by molar-refractivity contribution is -0.145. The van der Waals surface area contributed by atoms with Gasteiger partial charge in [0.15, 0.2) is 0 Å². The molecule has 3 heterocycles. The van der Waals surface area contributed by atoms with Crippen LogP contribution in [0, 0.1) is 0 Å². The molecule has 0 bridgehead atoms. The summed E-state index contributed by atoms with van der Waals surface area (Å²) in [6, 6.07) is 6.70. The number of carbonyl (C=O) groups is 3. The molecule has 1 atom stereocenters. The summed E-state index contributed by atoms with van der Waals surface area (Å²) in [5.74, 6) is -0.219. The van der Waals surface area contributed by atoms with Gasteiger partial charge in [-0.25, -0.2) is 4.79 Å². The van der Waals surface area contributed by atoms with Gasteiger partial charge in [-0.1, -0.05) is 23.7 Å². The monoisotopic (exact) mass is 391 g/mol. The fourth-order valence-electron chi connectivity index (χ4n) is 4.02. The first-order chi connectivity index (χ1) is 13.0. The van der Waals surface area contributed by atoms with Gasteiger partial charge in [0.05, 0.1) is 6.54 Å². The van der Waals surface area contributed by atoms with E-state index in [-0.39, 0.29) is 30.5 Å². The number of piperidine rings is 1. The first kappa shape index (κ1) is 18.3. The number of amides is 4. The first-order valence-electron chi connectivity index (χ1n) is 9.27.